The number of hydrogen-bond donors (Lipinski definition) is 0. The van der Waals surface area contributed by atoms with Crippen molar-refractivity contribution < 1.29 is 8.83 Å². The smallest absolute Gasteiger partial charge is 0.159 e. The molecule has 10 aromatic rings. The highest BCUT2D eigenvalue weighted by Crippen LogP contribution is 2.46. The highest BCUT2D eigenvalue weighted by molar-refractivity contribution is 6.25. The van der Waals surface area contributed by atoms with E-state index < -0.39 is 0 Å². The van der Waals surface area contributed by atoms with Gasteiger partial charge in [-0.3, -0.25) is 0 Å². The molecule has 0 radical (unpaired) electrons. The second kappa shape index (κ2) is 16.4. The minimum Gasteiger partial charge on any atom is -0.456 e. The molecule has 0 amide bonds. The van der Waals surface area contributed by atoms with Crippen LogP contribution in [0.2, 0.25) is 0 Å². The maximum atomic E-state index is 6.95. The largest absolute Gasteiger partial charge is 0.456 e. The van der Waals surface area contributed by atoms with Gasteiger partial charge in [-0.25, -0.2) is 9.98 Å². The standard InChI is InChI=1S/C59H45N3O2/c1-38(40(3)61-59(44-26-14-7-15-27-44)60-37-41-20-8-4-9-21-41)34-48(43-24-12-6-13-25-43)57(39(2)42-22-10-5-11-23-42)62-51-30-18-16-29-47(51)56-52(62)33-32-46-50-35-49-45-28-17-19-31-53(45)63-54(49)36-55(50)64-58(46)56/h4-5,7-12,14-37,39H,3,6,13H2,1-2H3/b38-34+,57-48-,60-37?,61-59?. The topological polar surface area (TPSA) is 55.9 Å². The van der Waals surface area contributed by atoms with Crippen molar-refractivity contribution in [2.75, 3.05) is 0 Å². The number of rotatable bonds is 9. The van der Waals surface area contributed by atoms with Gasteiger partial charge < -0.3 is 13.4 Å². The van der Waals surface area contributed by atoms with Crippen LogP contribution < -0.4 is 0 Å². The SMILES string of the molecule is C=C(N=C(N=Cc1ccccc1)c1ccccc1)/C(C)=C/C(C1=CCCC=C1)=C(\C(C)c1ccccc1)n1c2ccccc2c2c3oc4cc5oc6ccccc6c5cc4c3ccc21. The highest BCUT2D eigenvalue weighted by atomic mass is 16.3. The Labute approximate surface area is 371 Å². The van der Waals surface area contributed by atoms with Crippen molar-refractivity contribution in [3.8, 4) is 0 Å². The van der Waals surface area contributed by atoms with E-state index >= 15 is 0 Å². The van der Waals surface area contributed by atoms with Crippen molar-refractivity contribution in [3.05, 3.63) is 234 Å². The van der Waals surface area contributed by atoms with E-state index in [1.807, 2.05) is 79.0 Å². The molecule has 1 atom stereocenters. The summed E-state index contributed by atoms with van der Waals surface area (Å²) >= 11 is 0. The van der Waals surface area contributed by atoms with Gasteiger partial charge in [-0.05, 0) is 78.4 Å². The third kappa shape index (κ3) is 6.92. The van der Waals surface area contributed by atoms with E-state index in [1.54, 1.807) is 0 Å². The molecule has 1 aliphatic rings. The summed E-state index contributed by atoms with van der Waals surface area (Å²) in [6.45, 7) is 9.00. The molecule has 0 spiro atoms. The molecular weight excluding hydrogens is 783 g/mol. The predicted octanol–water partition coefficient (Wildman–Crippen LogP) is 15.9. The van der Waals surface area contributed by atoms with Gasteiger partial charge in [0.1, 0.15) is 22.3 Å². The Morgan fingerprint density at radius 2 is 1.34 bits per heavy atom. The number of benzene rings is 7. The monoisotopic (exact) mass is 827 g/mol. The second-order valence-corrected chi connectivity index (χ2v) is 16.5. The maximum Gasteiger partial charge on any atom is 0.159 e. The highest BCUT2D eigenvalue weighted by Gasteiger charge is 2.26. The molecule has 64 heavy (non-hydrogen) atoms. The van der Waals surface area contributed by atoms with Gasteiger partial charge in [-0.1, -0.05) is 159 Å². The lowest BCUT2D eigenvalue weighted by Crippen LogP contribution is -2.10. The van der Waals surface area contributed by atoms with Crippen LogP contribution in [0.4, 0.5) is 0 Å². The summed E-state index contributed by atoms with van der Waals surface area (Å²) in [5.41, 5.74) is 13.7. The molecule has 308 valence electrons. The van der Waals surface area contributed by atoms with Gasteiger partial charge in [-0.2, -0.15) is 0 Å². The molecule has 0 fully saturated rings. The summed E-state index contributed by atoms with van der Waals surface area (Å²) in [7, 11) is 0. The number of amidine groups is 1. The van der Waals surface area contributed by atoms with Gasteiger partial charge in [0.25, 0.3) is 0 Å². The molecule has 0 N–H and O–H groups in total. The minimum atomic E-state index is -0.0332. The molecule has 0 saturated heterocycles. The molecule has 11 rings (SSSR count). The number of allylic oxidation sites excluding steroid dienone is 8. The fourth-order valence-corrected chi connectivity index (χ4v) is 9.27. The maximum absolute atomic E-state index is 6.95. The van der Waals surface area contributed by atoms with E-state index in [4.69, 9.17) is 18.8 Å². The molecule has 5 nitrogen and oxygen atoms in total. The van der Waals surface area contributed by atoms with Gasteiger partial charge in [0.05, 0.1) is 22.1 Å². The average molecular weight is 828 g/mol. The Kier molecular flexibility index (Phi) is 9.93. The van der Waals surface area contributed by atoms with E-state index in [0.717, 1.165) is 112 Å². The summed E-state index contributed by atoms with van der Waals surface area (Å²) in [4.78, 5) is 10.1. The molecule has 0 saturated carbocycles. The van der Waals surface area contributed by atoms with E-state index in [0.29, 0.717) is 11.5 Å². The Bertz CT molecular complexity index is 3630. The van der Waals surface area contributed by atoms with Gasteiger partial charge >= 0.3 is 0 Å². The normalized spacial score (nSPS) is 14.7. The molecule has 1 unspecified atom stereocenters. The van der Waals surface area contributed by atoms with E-state index in [2.05, 4.69) is 140 Å². The molecule has 5 heteroatoms. The van der Waals surface area contributed by atoms with E-state index in [1.165, 1.54) is 5.56 Å². The van der Waals surface area contributed by atoms with E-state index in [9.17, 15) is 0 Å². The van der Waals surface area contributed by atoms with Crippen molar-refractivity contribution in [2.45, 2.75) is 32.6 Å². The average Bonchev–Trinajstić information content (AvgIpc) is 4.01. The predicted molar refractivity (Wildman–Crippen MR) is 268 cm³/mol. The van der Waals surface area contributed by atoms with Gasteiger partial charge in [0.2, 0.25) is 0 Å². The summed E-state index contributed by atoms with van der Waals surface area (Å²) in [6.07, 6.45) is 13.0. The third-order valence-electron chi connectivity index (χ3n) is 12.5. The fraction of sp³-hybridized carbons (Fsp3) is 0.0847. The summed E-state index contributed by atoms with van der Waals surface area (Å²) in [6, 6.07) is 56.8. The number of para-hydroxylation sites is 2. The number of aromatic nitrogens is 1. The van der Waals surface area contributed by atoms with Gasteiger partial charge in [0.15, 0.2) is 5.84 Å². The van der Waals surface area contributed by atoms with Crippen molar-refractivity contribution in [1.29, 1.82) is 0 Å². The Morgan fingerprint density at radius 1 is 0.656 bits per heavy atom. The minimum absolute atomic E-state index is 0.0332. The first-order valence-corrected chi connectivity index (χ1v) is 22.0. The van der Waals surface area contributed by atoms with Crippen LogP contribution in [0, 0.1) is 0 Å². The lowest BCUT2D eigenvalue weighted by atomic mass is 9.88. The zero-order chi connectivity index (χ0) is 43.1. The lowest BCUT2D eigenvalue weighted by molar-refractivity contribution is 0.658. The number of fused-ring (bicyclic) bond motifs is 10. The molecule has 1 aliphatic carbocycles. The fourth-order valence-electron chi connectivity index (χ4n) is 9.27. The molecule has 3 aromatic heterocycles. The number of furan rings is 2. The van der Waals surface area contributed by atoms with Crippen molar-refractivity contribution >= 4 is 83.4 Å². The van der Waals surface area contributed by atoms with Crippen LogP contribution in [0.5, 0.6) is 0 Å². The first-order chi connectivity index (χ1) is 31.5. The van der Waals surface area contributed by atoms with Crippen LogP contribution in [-0.4, -0.2) is 16.6 Å². The Morgan fingerprint density at radius 3 is 2.12 bits per heavy atom. The van der Waals surface area contributed by atoms with Crippen LogP contribution in [0.25, 0.3) is 71.4 Å². The summed E-state index contributed by atoms with van der Waals surface area (Å²) in [5.74, 6) is 0.565. The Balaban J connectivity index is 1.16. The lowest BCUT2D eigenvalue weighted by Gasteiger charge is -2.25. The van der Waals surface area contributed by atoms with Crippen LogP contribution in [0.1, 0.15) is 49.3 Å². The molecule has 7 aromatic carbocycles. The molecule has 0 aliphatic heterocycles. The van der Waals surface area contributed by atoms with Crippen molar-refractivity contribution in [1.82, 2.24) is 4.57 Å². The Hall–Kier alpha value is -8.02. The van der Waals surface area contributed by atoms with Crippen LogP contribution >= 0.6 is 0 Å². The van der Waals surface area contributed by atoms with Crippen molar-refractivity contribution in [3.63, 3.8) is 0 Å². The second-order valence-electron chi connectivity index (χ2n) is 16.5. The molecule has 3 heterocycles. The summed E-state index contributed by atoms with van der Waals surface area (Å²) in [5, 5.41) is 6.53. The molecular formula is C59H45N3O2. The number of aliphatic imine (C=N–C) groups is 2. The summed E-state index contributed by atoms with van der Waals surface area (Å²) < 4.78 is 15.7. The third-order valence-corrected chi connectivity index (χ3v) is 12.5. The van der Waals surface area contributed by atoms with Gasteiger partial charge in [0, 0.05) is 62.0 Å². The first kappa shape index (κ1) is 38.9. The van der Waals surface area contributed by atoms with Crippen LogP contribution in [-0.2, 0) is 0 Å². The van der Waals surface area contributed by atoms with Crippen LogP contribution in [0.15, 0.2) is 236 Å². The zero-order valence-corrected chi connectivity index (χ0v) is 35.8. The van der Waals surface area contributed by atoms with E-state index in [-0.39, 0.29) is 5.92 Å². The zero-order valence-electron chi connectivity index (χ0n) is 35.8. The quantitative estimate of drug-likeness (QED) is 0.0827. The first-order valence-electron chi connectivity index (χ1n) is 22.0. The molecule has 0 bridgehead atoms. The number of hydrogen-bond acceptors (Lipinski definition) is 3. The van der Waals surface area contributed by atoms with Crippen molar-refractivity contribution in [2.24, 2.45) is 9.98 Å². The number of nitrogens with zero attached hydrogens (tertiary/aromatic N) is 3. The van der Waals surface area contributed by atoms with Crippen LogP contribution in [0.3, 0.4) is 0 Å². The van der Waals surface area contributed by atoms with Gasteiger partial charge in [-0.15, -0.1) is 0 Å².